The third-order valence-electron chi connectivity index (χ3n) is 3.03. The molecule has 0 amide bonds. The third kappa shape index (κ3) is 3.88. The van der Waals surface area contributed by atoms with Crippen LogP contribution < -0.4 is 0 Å². The number of esters is 1. The van der Waals surface area contributed by atoms with Gasteiger partial charge in [0.15, 0.2) is 18.2 Å². The summed E-state index contributed by atoms with van der Waals surface area (Å²) in [6.07, 6.45) is -0.181. The molecule has 0 bridgehead atoms. The Labute approximate surface area is 117 Å². The van der Waals surface area contributed by atoms with Gasteiger partial charge >= 0.3 is 5.97 Å². The molecule has 5 nitrogen and oxygen atoms in total. The molecule has 1 aromatic rings. The van der Waals surface area contributed by atoms with E-state index in [9.17, 15) is 9.59 Å². The van der Waals surface area contributed by atoms with Gasteiger partial charge in [-0.1, -0.05) is 18.2 Å². The molecule has 108 valence electrons. The second-order valence-electron chi connectivity index (χ2n) is 4.48. The predicted octanol–water partition coefficient (Wildman–Crippen LogP) is 1.95. The molecular formula is C15H18O5. The summed E-state index contributed by atoms with van der Waals surface area (Å²) in [5.74, 6) is -0.512. The average molecular weight is 278 g/mol. The first kappa shape index (κ1) is 14.7. The molecule has 2 atom stereocenters. The molecule has 0 aliphatic carbocycles. The standard InChI is InChI=1S/C15H18O5/c1-2-18-14-9-8-12(16)13(20-14)10-19-15(17)11-6-4-3-5-7-11/h3-7,13-14H,2,8-10H2,1H3/t13-,14+/m1/s1. The first-order chi connectivity index (χ1) is 9.70. The summed E-state index contributed by atoms with van der Waals surface area (Å²) in [4.78, 5) is 23.5. The zero-order chi connectivity index (χ0) is 14.4. The minimum atomic E-state index is -0.729. The molecule has 1 aliphatic rings. The zero-order valence-electron chi connectivity index (χ0n) is 11.4. The van der Waals surface area contributed by atoms with Crippen molar-refractivity contribution in [3.05, 3.63) is 35.9 Å². The van der Waals surface area contributed by atoms with E-state index in [1.807, 2.05) is 13.0 Å². The Kier molecular flexibility index (Phi) is 5.26. The number of hydrogen-bond acceptors (Lipinski definition) is 5. The lowest BCUT2D eigenvalue weighted by molar-refractivity contribution is -0.199. The van der Waals surface area contributed by atoms with Crippen molar-refractivity contribution in [2.45, 2.75) is 32.2 Å². The van der Waals surface area contributed by atoms with Crippen LogP contribution in [0.3, 0.4) is 0 Å². The Morgan fingerprint density at radius 2 is 2.10 bits per heavy atom. The average Bonchev–Trinajstić information content (AvgIpc) is 2.48. The highest BCUT2D eigenvalue weighted by Crippen LogP contribution is 2.18. The van der Waals surface area contributed by atoms with Crippen LogP contribution in [-0.4, -0.2) is 37.4 Å². The quantitative estimate of drug-likeness (QED) is 0.770. The van der Waals surface area contributed by atoms with Crippen molar-refractivity contribution in [2.24, 2.45) is 0 Å². The van der Waals surface area contributed by atoms with Crippen molar-refractivity contribution < 1.29 is 23.8 Å². The molecule has 1 fully saturated rings. The Balaban J connectivity index is 1.86. The van der Waals surface area contributed by atoms with Crippen LogP contribution in [0.1, 0.15) is 30.1 Å². The fourth-order valence-electron chi connectivity index (χ4n) is 2.00. The molecule has 1 aliphatic heterocycles. The van der Waals surface area contributed by atoms with E-state index in [-0.39, 0.29) is 12.4 Å². The minimum absolute atomic E-state index is 0.0539. The molecule has 1 aromatic carbocycles. The van der Waals surface area contributed by atoms with Gasteiger partial charge in [-0.2, -0.15) is 0 Å². The third-order valence-corrected chi connectivity index (χ3v) is 3.03. The van der Waals surface area contributed by atoms with E-state index < -0.39 is 18.4 Å². The predicted molar refractivity (Wildman–Crippen MR) is 71.3 cm³/mol. The van der Waals surface area contributed by atoms with Crippen molar-refractivity contribution in [1.29, 1.82) is 0 Å². The van der Waals surface area contributed by atoms with Crippen LogP contribution in [0, 0.1) is 0 Å². The number of ketones is 1. The Morgan fingerprint density at radius 3 is 2.80 bits per heavy atom. The molecule has 5 heteroatoms. The van der Waals surface area contributed by atoms with E-state index in [2.05, 4.69) is 0 Å². The molecule has 0 N–H and O–H groups in total. The van der Waals surface area contributed by atoms with Crippen molar-refractivity contribution >= 4 is 11.8 Å². The smallest absolute Gasteiger partial charge is 0.338 e. The summed E-state index contributed by atoms with van der Waals surface area (Å²) in [6, 6.07) is 8.65. The molecule has 0 aromatic heterocycles. The van der Waals surface area contributed by atoms with E-state index >= 15 is 0 Å². The van der Waals surface area contributed by atoms with Crippen molar-refractivity contribution in [3.63, 3.8) is 0 Å². The van der Waals surface area contributed by atoms with Gasteiger partial charge in [-0.15, -0.1) is 0 Å². The number of rotatable bonds is 5. The summed E-state index contributed by atoms with van der Waals surface area (Å²) < 4.78 is 15.9. The van der Waals surface area contributed by atoms with Gasteiger partial charge < -0.3 is 14.2 Å². The van der Waals surface area contributed by atoms with Crippen LogP contribution in [0.2, 0.25) is 0 Å². The maximum Gasteiger partial charge on any atom is 0.338 e. The van der Waals surface area contributed by atoms with Crippen LogP contribution in [0.5, 0.6) is 0 Å². The first-order valence-electron chi connectivity index (χ1n) is 6.72. The Hall–Kier alpha value is -1.72. The summed E-state index contributed by atoms with van der Waals surface area (Å²) >= 11 is 0. The van der Waals surface area contributed by atoms with Crippen LogP contribution in [0.4, 0.5) is 0 Å². The second-order valence-corrected chi connectivity index (χ2v) is 4.48. The molecule has 1 heterocycles. The van der Waals surface area contributed by atoms with E-state index in [1.54, 1.807) is 24.3 Å². The van der Waals surface area contributed by atoms with Crippen LogP contribution >= 0.6 is 0 Å². The summed E-state index contributed by atoms with van der Waals surface area (Å²) in [5, 5.41) is 0. The number of benzene rings is 1. The molecule has 2 rings (SSSR count). The van der Waals surface area contributed by atoms with Gasteiger partial charge in [-0.3, -0.25) is 4.79 Å². The second kappa shape index (κ2) is 7.17. The number of Topliss-reactive ketones (excluding diaryl/α,β-unsaturated/α-hetero) is 1. The fourth-order valence-corrected chi connectivity index (χ4v) is 2.00. The highest BCUT2D eigenvalue weighted by molar-refractivity contribution is 5.90. The normalized spacial score (nSPS) is 22.6. The van der Waals surface area contributed by atoms with Crippen molar-refractivity contribution in [3.8, 4) is 0 Å². The van der Waals surface area contributed by atoms with Gasteiger partial charge in [-0.25, -0.2) is 4.79 Å². The Bertz CT molecular complexity index is 457. The van der Waals surface area contributed by atoms with Crippen molar-refractivity contribution in [1.82, 2.24) is 0 Å². The number of carbonyl (C=O) groups is 2. The highest BCUT2D eigenvalue weighted by atomic mass is 16.7. The van der Waals surface area contributed by atoms with Gasteiger partial charge in [0.05, 0.1) is 5.56 Å². The monoisotopic (exact) mass is 278 g/mol. The fraction of sp³-hybridized carbons (Fsp3) is 0.467. The van der Waals surface area contributed by atoms with Gasteiger partial charge in [0.1, 0.15) is 6.61 Å². The zero-order valence-corrected chi connectivity index (χ0v) is 11.4. The van der Waals surface area contributed by atoms with E-state index in [4.69, 9.17) is 14.2 Å². The lowest BCUT2D eigenvalue weighted by Gasteiger charge is -2.28. The number of hydrogen-bond donors (Lipinski definition) is 0. The highest BCUT2D eigenvalue weighted by Gasteiger charge is 2.30. The number of ether oxygens (including phenoxy) is 3. The van der Waals surface area contributed by atoms with E-state index in [1.165, 1.54) is 0 Å². The van der Waals surface area contributed by atoms with Gasteiger partial charge in [-0.05, 0) is 19.1 Å². The van der Waals surface area contributed by atoms with E-state index in [0.29, 0.717) is 25.0 Å². The molecule has 0 unspecified atom stereocenters. The lowest BCUT2D eigenvalue weighted by Crippen LogP contribution is -2.40. The molecule has 0 saturated carbocycles. The van der Waals surface area contributed by atoms with Crippen LogP contribution in [0.15, 0.2) is 30.3 Å². The topological polar surface area (TPSA) is 61.8 Å². The maximum atomic E-state index is 11.8. The van der Waals surface area contributed by atoms with Crippen LogP contribution in [0.25, 0.3) is 0 Å². The molecule has 1 saturated heterocycles. The lowest BCUT2D eigenvalue weighted by atomic mass is 10.1. The van der Waals surface area contributed by atoms with Gasteiger partial charge in [0.2, 0.25) is 0 Å². The summed E-state index contributed by atoms with van der Waals surface area (Å²) in [5.41, 5.74) is 0.456. The Morgan fingerprint density at radius 1 is 1.35 bits per heavy atom. The van der Waals surface area contributed by atoms with Gasteiger partial charge in [0, 0.05) is 19.4 Å². The van der Waals surface area contributed by atoms with E-state index in [0.717, 1.165) is 0 Å². The first-order valence-corrected chi connectivity index (χ1v) is 6.72. The largest absolute Gasteiger partial charge is 0.459 e. The molecule has 0 spiro atoms. The maximum absolute atomic E-state index is 11.8. The van der Waals surface area contributed by atoms with Gasteiger partial charge in [0.25, 0.3) is 0 Å². The van der Waals surface area contributed by atoms with Crippen molar-refractivity contribution in [2.75, 3.05) is 13.2 Å². The molecule has 0 radical (unpaired) electrons. The minimum Gasteiger partial charge on any atom is -0.459 e. The summed E-state index contributed by atoms with van der Waals surface area (Å²) in [6.45, 7) is 2.32. The summed E-state index contributed by atoms with van der Waals surface area (Å²) in [7, 11) is 0. The SMILES string of the molecule is CCO[C@@H]1CCC(=O)[C@@H](COC(=O)c2ccccc2)O1. The molecule has 20 heavy (non-hydrogen) atoms. The number of carbonyl (C=O) groups excluding carboxylic acids is 2. The van der Waals surface area contributed by atoms with Crippen LogP contribution in [-0.2, 0) is 19.0 Å². The molecular weight excluding hydrogens is 260 g/mol.